The highest BCUT2D eigenvalue weighted by molar-refractivity contribution is 5.94. The minimum atomic E-state index is -0.305. The van der Waals surface area contributed by atoms with E-state index in [1.165, 1.54) is 12.1 Å². The Morgan fingerprint density at radius 2 is 2.00 bits per heavy atom. The van der Waals surface area contributed by atoms with Crippen molar-refractivity contribution in [1.82, 2.24) is 19.9 Å². The number of hydrogen-bond acceptors (Lipinski definition) is 5. The molecule has 2 aliphatic heterocycles. The Morgan fingerprint density at radius 3 is 2.86 bits per heavy atom. The number of likely N-dealkylation sites (tertiary alicyclic amines) is 1. The van der Waals surface area contributed by atoms with E-state index in [9.17, 15) is 9.18 Å². The summed E-state index contributed by atoms with van der Waals surface area (Å²) >= 11 is 0. The number of aromatic nitrogens is 2. The van der Waals surface area contributed by atoms with Crippen LogP contribution in [0.15, 0.2) is 41.1 Å². The van der Waals surface area contributed by atoms with Gasteiger partial charge in [0.2, 0.25) is 0 Å². The number of pyridine rings is 1. The molecule has 1 amide bonds. The molecule has 0 radical (unpaired) electrons. The van der Waals surface area contributed by atoms with E-state index in [1.54, 1.807) is 12.3 Å². The van der Waals surface area contributed by atoms with Crippen molar-refractivity contribution in [2.75, 3.05) is 32.7 Å². The van der Waals surface area contributed by atoms with Crippen LogP contribution in [0.25, 0.3) is 11.0 Å². The summed E-state index contributed by atoms with van der Waals surface area (Å²) in [5.74, 6) is 0.0637. The second-order valence-corrected chi connectivity index (χ2v) is 7.88. The van der Waals surface area contributed by atoms with Gasteiger partial charge >= 0.3 is 0 Å². The van der Waals surface area contributed by atoms with Crippen molar-refractivity contribution < 1.29 is 13.7 Å². The monoisotopic (exact) mass is 394 g/mol. The van der Waals surface area contributed by atoms with Crippen LogP contribution in [-0.4, -0.2) is 58.6 Å². The molecule has 0 N–H and O–H groups in total. The molecule has 7 heteroatoms. The number of piperidine rings is 1. The van der Waals surface area contributed by atoms with Crippen molar-refractivity contribution in [3.05, 3.63) is 59.3 Å². The van der Waals surface area contributed by atoms with E-state index in [-0.39, 0.29) is 11.7 Å². The van der Waals surface area contributed by atoms with E-state index in [0.717, 1.165) is 68.6 Å². The van der Waals surface area contributed by atoms with Crippen molar-refractivity contribution >= 4 is 16.9 Å². The highest BCUT2D eigenvalue weighted by atomic mass is 19.1. The summed E-state index contributed by atoms with van der Waals surface area (Å²) in [6, 6.07) is 8.49. The molecule has 4 heterocycles. The molecule has 6 nitrogen and oxygen atoms in total. The molecule has 0 saturated carbocycles. The first kappa shape index (κ1) is 18.2. The predicted molar refractivity (Wildman–Crippen MR) is 106 cm³/mol. The average molecular weight is 394 g/mol. The molecule has 150 valence electrons. The topological polar surface area (TPSA) is 62.5 Å². The number of nitrogens with zero attached hydrogens (tertiary/aromatic N) is 4. The molecule has 29 heavy (non-hydrogen) atoms. The maximum absolute atomic E-state index is 13.4. The molecular formula is C22H23FN4O2. The van der Waals surface area contributed by atoms with E-state index in [4.69, 9.17) is 4.52 Å². The molecule has 0 unspecified atom stereocenters. The number of amides is 1. The van der Waals surface area contributed by atoms with Crippen LogP contribution < -0.4 is 0 Å². The largest absolute Gasteiger partial charge is 0.356 e. The van der Waals surface area contributed by atoms with Crippen LogP contribution in [0.1, 0.15) is 40.5 Å². The first-order valence-corrected chi connectivity index (χ1v) is 10.2. The zero-order chi connectivity index (χ0) is 19.8. The van der Waals surface area contributed by atoms with E-state index in [2.05, 4.69) is 15.0 Å². The van der Waals surface area contributed by atoms with Gasteiger partial charge in [-0.25, -0.2) is 4.39 Å². The quantitative estimate of drug-likeness (QED) is 0.680. The van der Waals surface area contributed by atoms with Crippen LogP contribution in [0.2, 0.25) is 0 Å². The van der Waals surface area contributed by atoms with Gasteiger partial charge in [0.1, 0.15) is 11.5 Å². The number of fused-ring (bicyclic) bond motifs is 2. The Hall–Kier alpha value is -2.80. The summed E-state index contributed by atoms with van der Waals surface area (Å²) in [5.41, 5.74) is 3.11. The fourth-order valence-corrected chi connectivity index (χ4v) is 4.47. The number of hydrogen-bond donors (Lipinski definition) is 0. The van der Waals surface area contributed by atoms with Crippen molar-refractivity contribution in [2.24, 2.45) is 0 Å². The summed E-state index contributed by atoms with van der Waals surface area (Å²) in [5, 5.41) is 5.13. The molecule has 0 bridgehead atoms. The van der Waals surface area contributed by atoms with Gasteiger partial charge in [-0.05, 0) is 56.1 Å². The molecule has 2 aliphatic rings. The van der Waals surface area contributed by atoms with Gasteiger partial charge in [0.25, 0.3) is 5.91 Å². The van der Waals surface area contributed by atoms with E-state index >= 15 is 0 Å². The van der Waals surface area contributed by atoms with Crippen LogP contribution in [0.5, 0.6) is 0 Å². The van der Waals surface area contributed by atoms with Crippen LogP contribution in [0, 0.1) is 5.82 Å². The Bertz CT molecular complexity index is 1040. The summed E-state index contributed by atoms with van der Waals surface area (Å²) in [6.07, 6.45) is 4.53. The smallest absolute Gasteiger partial charge is 0.272 e. The number of carbonyl (C=O) groups is 1. The SMILES string of the molecule is O=C1c2ncccc2CCN1CCN1CCC(c2noc3cc(F)ccc23)CC1. The molecular weight excluding hydrogens is 371 g/mol. The Morgan fingerprint density at radius 1 is 1.14 bits per heavy atom. The van der Waals surface area contributed by atoms with Gasteiger partial charge in [-0.1, -0.05) is 11.2 Å². The fourth-order valence-electron chi connectivity index (χ4n) is 4.47. The van der Waals surface area contributed by atoms with E-state index in [1.807, 2.05) is 17.0 Å². The van der Waals surface area contributed by atoms with Crippen molar-refractivity contribution in [3.8, 4) is 0 Å². The third-order valence-electron chi connectivity index (χ3n) is 6.15. The number of rotatable bonds is 4. The summed E-state index contributed by atoms with van der Waals surface area (Å²) in [6.45, 7) is 4.26. The van der Waals surface area contributed by atoms with Crippen molar-refractivity contribution in [1.29, 1.82) is 0 Å². The predicted octanol–water partition coefficient (Wildman–Crippen LogP) is 3.24. The summed E-state index contributed by atoms with van der Waals surface area (Å²) < 4.78 is 18.7. The summed E-state index contributed by atoms with van der Waals surface area (Å²) in [4.78, 5) is 21.2. The molecule has 0 aliphatic carbocycles. The van der Waals surface area contributed by atoms with E-state index in [0.29, 0.717) is 17.2 Å². The highest BCUT2D eigenvalue weighted by Gasteiger charge is 2.28. The average Bonchev–Trinajstić information content (AvgIpc) is 3.17. The first-order valence-electron chi connectivity index (χ1n) is 10.2. The third kappa shape index (κ3) is 3.51. The third-order valence-corrected chi connectivity index (χ3v) is 6.15. The molecule has 0 spiro atoms. The molecule has 1 aromatic carbocycles. The molecule has 0 atom stereocenters. The lowest BCUT2D eigenvalue weighted by molar-refractivity contribution is 0.0703. The van der Waals surface area contributed by atoms with Gasteiger partial charge in [0.15, 0.2) is 5.58 Å². The van der Waals surface area contributed by atoms with Gasteiger partial charge in [0, 0.05) is 43.2 Å². The maximum Gasteiger partial charge on any atom is 0.272 e. The van der Waals surface area contributed by atoms with Crippen LogP contribution in [0.3, 0.4) is 0 Å². The molecule has 1 fully saturated rings. The van der Waals surface area contributed by atoms with Gasteiger partial charge in [-0.15, -0.1) is 0 Å². The Balaban J connectivity index is 1.17. The number of carbonyl (C=O) groups excluding carboxylic acids is 1. The van der Waals surface area contributed by atoms with Gasteiger partial charge in [-0.2, -0.15) is 0 Å². The minimum absolute atomic E-state index is 0.0445. The zero-order valence-electron chi connectivity index (χ0n) is 16.2. The lowest BCUT2D eigenvalue weighted by atomic mass is 9.91. The first-order chi connectivity index (χ1) is 14.2. The minimum Gasteiger partial charge on any atom is -0.356 e. The van der Waals surface area contributed by atoms with Gasteiger partial charge in [0.05, 0.1) is 5.69 Å². The molecule has 2 aromatic heterocycles. The molecule has 5 rings (SSSR count). The normalized spacial score (nSPS) is 18.4. The Kier molecular flexibility index (Phi) is 4.75. The standard InChI is InChI=1S/C22H23FN4O2/c23-17-3-4-18-19(14-17)29-25-20(18)16-5-9-26(10-6-16)12-13-27-11-7-15-2-1-8-24-21(15)22(27)28/h1-4,8,14,16H,5-7,9-13H2. The van der Waals surface area contributed by atoms with Crippen LogP contribution >= 0.6 is 0 Å². The second-order valence-electron chi connectivity index (χ2n) is 7.88. The maximum atomic E-state index is 13.4. The van der Waals surface area contributed by atoms with Crippen molar-refractivity contribution in [3.63, 3.8) is 0 Å². The van der Waals surface area contributed by atoms with Gasteiger partial charge in [-0.3, -0.25) is 9.78 Å². The lowest BCUT2D eigenvalue weighted by Crippen LogP contribution is -2.44. The fraction of sp³-hybridized carbons (Fsp3) is 0.409. The number of halogens is 1. The van der Waals surface area contributed by atoms with Crippen molar-refractivity contribution in [2.45, 2.75) is 25.2 Å². The highest BCUT2D eigenvalue weighted by Crippen LogP contribution is 2.32. The summed E-state index contributed by atoms with van der Waals surface area (Å²) in [7, 11) is 0. The molecule has 3 aromatic rings. The zero-order valence-corrected chi connectivity index (χ0v) is 16.2. The lowest BCUT2D eigenvalue weighted by Gasteiger charge is -2.34. The second kappa shape index (κ2) is 7.55. The molecule has 1 saturated heterocycles. The van der Waals surface area contributed by atoms with Crippen LogP contribution in [0.4, 0.5) is 4.39 Å². The van der Waals surface area contributed by atoms with E-state index < -0.39 is 0 Å². The number of benzene rings is 1. The van der Waals surface area contributed by atoms with Crippen LogP contribution in [-0.2, 0) is 6.42 Å². The van der Waals surface area contributed by atoms with Gasteiger partial charge < -0.3 is 14.3 Å². The Labute approximate surface area is 168 Å².